The minimum atomic E-state index is -0.260. The number of aryl methyl sites for hydroxylation is 1. The highest BCUT2D eigenvalue weighted by Crippen LogP contribution is 2.25. The van der Waals surface area contributed by atoms with Gasteiger partial charge in [-0.2, -0.15) is 0 Å². The van der Waals surface area contributed by atoms with Crippen LogP contribution in [-0.4, -0.2) is 4.98 Å². The first-order chi connectivity index (χ1) is 9.11. The van der Waals surface area contributed by atoms with Gasteiger partial charge in [-0.1, -0.05) is 12.1 Å². The molecule has 0 radical (unpaired) electrons. The predicted octanol–water partition coefficient (Wildman–Crippen LogP) is 1.86. The van der Waals surface area contributed by atoms with Crippen molar-refractivity contribution in [1.29, 1.82) is 0 Å². The van der Waals surface area contributed by atoms with Crippen molar-refractivity contribution < 1.29 is 4.39 Å². The lowest BCUT2D eigenvalue weighted by atomic mass is 9.96. The second kappa shape index (κ2) is 5.77. The zero-order valence-corrected chi connectivity index (χ0v) is 10.7. The van der Waals surface area contributed by atoms with Crippen LogP contribution in [0.1, 0.15) is 22.7 Å². The van der Waals surface area contributed by atoms with Crippen LogP contribution >= 0.6 is 0 Å². The highest BCUT2D eigenvalue weighted by Gasteiger charge is 2.16. The molecule has 100 valence electrons. The van der Waals surface area contributed by atoms with Crippen molar-refractivity contribution in [3.63, 3.8) is 0 Å². The van der Waals surface area contributed by atoms with E-state index in [1.165, 1.54) is 12.1 Å². The van der Waals surface area contributed by atoms with Crippen molar-refractivity contribution in [3.8, 4) is 0 Å². The Morgan fingerprint density at radius 3 is 2.79 bits per heavy atom. The Balaban J connectivity index is 2.30. The van der Waals surface area contributed by atoms with E-state index in [0.29, 0.717) is 12.2 Å². The van der Waals surface area contributed by atoms with E-state index >= 15 is 0 Å². The van der Waals surface area contributed by atoms with Gasteiger partial charge in [0, 0.05) is 11.8 Å². The summed E-state index contributed by atoms with van der Waals surface area (Å²) in [5, 5.41) is 0. The third-order valence-electron chi connectivity index (χ3n) is 3.12. The van der Waals surface area contributed by atoms with Crippen molar-refractivity contribution in [2.24, 2.45) is 5.84 Å². The van der Waals surface area contributed by atoms with E-state index < -0.39 is 0 Å². The number of nitrogens with zero attached hydrogens (tertiary/aromatic N) is 1. The number of hydrogen-bond acceptors (Lipinski definition) is 4. The van der Waals surface area contributed by atoms with Gasteiger partial charge in [0.15, 0.2) is 0 Å². The average molecular weight is 260 g/mol. The Kier molecular flexibility index (Phi) is 4.09. The number of rotatable bonds is 4. The van der Waals surface area contributed by atoms with Crippen molar-refractivity contribution in [3.05, 3.63) is 59.0 Å². The fourth-order valence-electron chi connectivity index (χ4n) is 2.19. The van der Waals surface area contributed by atoms with Gasteiger partial charge in [-0.15, -0.1) is 0 Å². The Morgan fingerprint density at radius 1 is 1.37 bits per heavy atom. The van der Waals surface area contributed by atoms with Crippen LogP contribution in [0.4, 0.5) is 10.2 Å². The number of halogens is 1. The van der Waals surface area contributed by atoms with Crippen molar-refractivity contribution >= 4 is 5.82 Å². The Hall–Kier alpha value is -1.98. The molecule has 1 aromatic carbocycles. The van der Waals surface area contributed by atoms with E-state index in [1.54, 1.807) is 12.3 Å². The highest BCUT2D eigenvalue weighted by molar-refractivity contribution is 5.46. The summed E-state index contributed by atoms with van der Waals surface area (Å²) < 4.78 is 13.2. The number of nitrogens with two attached hydrogens (primary N) is 2. The normalized spacial score (nSPS) is 12.4. The van der Waals surface area contributed by atoms with Crippen LogP contribution in [0.2, 0.25) is 0 Å². The standard InChI is InChI=1S/C14H17FN4/c1-9-5-6-18-14(16)13(9)12(19-17)8-10-3-2-4-11(15)7-10/h2-7,12,19H,8,17H2,1H3,(H2,16,18). The van der Waals surface area contributed by atoms with Gasteiger partial charge >= 0.3 is 0 Å². The third-order valence-corrected chi connectivity index (χ3v) is 3.12. The largest absolute Gasteiger partial charge is 0.383 e. The maximum Gasteiger partial charge on any atom is 0.128 e. The number of anilines is 1. The zero-order valence-electron chi connectivity index (χ0n) is 10.7. The lowest BCUT2D eigenvalue weighted by molar-refractivity contribution is 0.546. The van der Waals surface area contributed by atoms with Crippen LogP contribution in [0.5, 0.6) is 0 Å². The molecule has 1 atom stereocenters. The summed E-state index contributed by atoms with van der Waals surface area (Å²) in [6.07, 6.45) is 2.20. The lowest BCUT2D eigenvalue weighted by Gasteiger charge is -2.20. The molecule has 0 amide bonds. The molecular formula is C14H17FN4. The monoisotopic (exact) mass is 260 g/mol. The number of hydrazine groups is 1. The van der Waals surface area contributed by atoms with Gasteiger partial charge in [0.25, 0.3) is 0 Å². The fraction of sp³-hybridized carbons (Fsp3) is 0.214. The molecule has 0 bridgehead atoms. The van der Waals surface area contributed by atoms with Crippen LogP contribution in [0, 0.1) is 12.7 Å². The summed E-state index contributed by atoms with van der Waals surface area (Å²) in [6, 6.07) is 8.12. The summed E-state index contributed by atoms with van der Waals surface area (Å²) in [4.78, 5) is 4.08. The molecule has 0 spiro atoms. The second-order valence-electron chi connectivity index (χ2n) is 4.48. The first-order valence-electron chi connectivity index (χ1n) is 6.03. The molecule has 0 saturated heterocycles. The van der Waals surface area contributed by atoms with Crippen molar-refractivity contribution in [2.75, 3.05) is 5.73 Å². The Bertz CT molecular complexity index is 551. The Labute approximate surface area is 111 Å². The summed E-state index contributed by atoms with van der Waals surface area (Å²) in [6.45, 7) is 1.95. The van der Waals surface area contributed by atoms with Crippen LogP contribution in [0.25, 0.3) is 0 Å². The highest BCUT2D eigenvalue weighted by atomic mass is 19.1. The first kappa shape index (κ1) is 13.5. The molecule has 1 unspecified atom stereocenters. The molecule has 2 rings (SSSR count). The van der Waals surface area contributed by atoms with Crippen LogP contribution in [0.3, 0.4) is 0 Å². The first-order valence-corrected chi connectivity index (χ1v) is 6.03. The summed E-state index contributed by atoms with van der Waals surface area (Å²) in [5.41, 5.74) is 11.3. The number of benzene rings is 1. The van der Waals surface area contributed by atoms with E-state index in [1.807, 2.05) is 19.1 Å². The molecule has 0 aliphatic carbocycles. The number of pyridine rings is 1. The lowest BCUT2D eigenvalue weighted by Crippen LogP contribution is -2.31. The maximum atomic E-state index is 13.2. The van der Waals surface area contributed by atoms with Crippen molar-refractivity contribution in [2.45, 2.75) is 19.4 Å². The molecule has 5 N–H and O–H groups in total. The molecule has 0 fully saturated rings. The fourth-order valence-corrected chi connectivity index (χ4v) is 2.19. The number of aromatic nitrogens is 1. The van der Waals surface area contributed by atoms with E-state index in [-0.39, 0.29) is 11.9 Å². The van der Waals surface area contributed by atoms with Gasteiger partial charge in [-0.3, -0.25) is 11.3 Å². The van der Waals surface area contributed by atoms with Gasteiger partial charge in [0.2, 0.25) is 0 Å². The molecule has 0 aliphatic heterocycles. The van der Waals surface area contributed by atoms with Crippen LogP contribution in [0.15, 0.2) is 36.5 Å². The van der Waals surface area contributed by atoms with Gasteiger partial charge < -0.3 is 5.73 Å². The molecule has 0 aliphatic rings. The van der Waals surface area contributed by atoms with Gasteiger partial charge in [0.05, 0.1) is 6.04 Å². The molecule has 4 nitrogen and oxygen atoms in total. The summed E-state index contributed by atoms with van der Waals surface area (Å²) >= 11 is 0. The third kappa shape index (κ3) is 3.07. The average Bonchev–Trinajstić information content (AvgIpc) is 2.37. The van der Waals surface area contributed by atoms with E-state index in [9.17, 15) is 4.39 Å². The molecule has 1 heterocycles. The topological polar surface area (TPSA) is 77.0 Å². The molecule has 1 aromatic heterocycles. The maximum absolute atomic E-state index is 13.2. The molecule has 5 heteroatoms. The van der Waals surface area contributed by atoms with Gasteiger partial charge in [-0.25, -0.2) is 9.37 Å². The van der Waals surface area contributed by atoms with E-state index in [4.69, 9.17) is 11.6 Å². The quantitative estimate of drug-likeness (QED) is 0.579. The summed E-state index contributed by atoms with van der Waals surface area (Å²) in [5.74, 6) is 5.79. The minimum Gasteiger partial charge on any atom is -0.383 e. The zero-order chi connectivity index (χ0) is 13.8. The van der Waals surface area contributed by atoms with Gasteiger partial charge in [-0.05, 0) is 42.7 Å². The van der Waals surface area contributed by atoms with Crippen LogP contribution < -0.4 is 17.0 Å². The summed E-state index contributed by atoms with van der Waals surface area (Å²) in [7, 11) is 0. The predicted molar refractivity (Wildman–Crippen MR) is 73.6 cm³/mol. The second-order valence-corrected chi connectivity index (χ2v) is 4.48. The number of nitrogen functional groups attached to an aromatic ring is 1. The minimum absolute atomic E-state index is 0.199. The van der Waals surface area contributed by atoms with Crippen molar-refractivity contribution in [1.82, 2.24) is 10.4 Å². The Morgan fingerprint density at radius 2 is 2.16 bits per heavy atom. The number of nitrogens with one attached hydrogen (secondary N) is 1. The number of hydrogen-bond donors (Lipinski definition) is 3. The van der Waals surface area contributed by atoms with E-state index in [2.05, 4.69) is 10.4 Å². The van der Waals surface area contributed by atoms with Gasteiger partial charge in [0.1, 0.15) is 11.6 Å². The van der Waals surface area contributed by atoms with Crippen LogP contribution in [-0.2, 0) is 6.42 Å². The van der Waals surface area contributed by atoms with E-state index in [0.717, 1.165) is 16.7 Å². The smallest absolute Gasteiger partial charge is 0.128 e. The molecule has 0 saturated carbocycles. The molecule has 19 heavy (non-hydrogen) atoms. The molecule has 2 aromatic rings. The SMILES string of the molecule is Cc1ccnc(N)c1C(Cc1cccc(F)c1)NN. The molecular weight excluding hydrogens is 243 g/mol.